The van der Waals surface area contributed by atoms with E-state index in [-0.39, 0.29) is 17.6 Å². The number of hydrogen-bond acceptors (Lipinski definition) is 3. The summed E-state index contributed by atoms with van der Waals surface area (Å²) in [5, 5.41) is 21.0. The highest BCUT2D eigenvalue weighted by Gasteiger charge is 2.15. The van der Waals surface area contributed by atoms with Gasteiger partial charge in [-0.25, -0.2) is 4.79 Å². The molecule has 0 saturated carbocycles. The third-order valence-electron chi connectivity index (χ3n) is 2.31. The molecule has 0 aliphatic heterocycles. The van der Waals surface area contributed by atoms with Crippen LogP contribution in [0.3, 0.4) is 0 Å². The molecule has 16 heavy (non-hydrogen) atoms. The maximum absolute atomic E-state index is 10.7. The molecule has 1 aromatic rings. The van der Waals surface area contributed by atoms with Crippen molar-refractivity contribution in [1.82, 2.24) is 0 Å². The van der Waals surface area contributed by atoms with Crippen molar-refractivity contribution in [2.24, 2.45) is 5.41 Å². The van der Waals surface area contributed by atoms with Crippen molar-refractivity contribution in [3.8, 4) is 0 Å². The molecule has 1 rings (SSSR count). The van der Waals surface area contributed by atoms with E-state index in [9.17, 15) is 4.79 Å². The number of aliphatic hydroxyl groups excluding tert-OH is 1. The zero-order valence-electron chi connectivity index (χ0n) is 9.53. The lowest BCUT2D eigenvalue weighted by molar-refractivity contribution is 0.0697. The van der Waals surface area contributed by atoms with Gasteiger partial charge in [0.05, 0.1) is 5.56 Å². The number of aliphatic hydroxyl groups is 1. The van der Waals surface area contributed by atoms with Gasteiger partial charge in [0.2, 0.25) is 0 Å². The number of aromatic carboxylic acids is 1. The molecule has 88 valence electrons. The first-order chi connectivity index (χ1) is 7.44. The third kappa shape index (κ3) is 3.55. The lowest BCUT2D eigenvalue weighted by Crippen LogP contribution is -2.26. The summed E-state index contributed by atoms with van der Waals surface area (Å²) in [7, 11) is 0. The Labute approximate surface area is 94.9 Å². The summed E-state index contributed by atoms with van der Waals surface area (Å²) in [4.78, 5) is 10.7. The Hall–Kier alpha value is -1.55. The third-order valence-corrected chi connectivity index (χ3v) is 2.31. The lowest BCUT2D eigenvalue weighted by atomic mass is 9.95. The van der Waals surface area contributed by atoms with Gasteiger partial charge in [-0.3, -0.25) is 0 Å². The zero-order chi connectivity index (χ0) is 12.2. The molecule has 0 heterocycles. The fourth-order valence-electron chi connectivity index (χ4n) is 1.16. The molecule has 4 heteroatoms. The Kier molecular flexibility index (Phi) is 3.90. The second-order valence-corrected chi connectivity index (χ2v) is 4.56. The van der Waals surface area contributed by atoms with E-state index in [1.165, 1.54) is 0 Å². The van der Waals surface area contributed by atoms with Gasteiger partial charge in [-0.1, -0.05) is 19.9 Å². The number of hydrogen-bond donors (Lipinski definition) is 3. The Balaban J connectivity index is 2.68. The number of carboxylic acid groups (broad SMARTS) is 1. The van der Waals surface area contributed by atoms with Crippen molar-refractivity contribution >= 4 is 11.7 Å². The van der Waals surface area contributed by atoms with Gasteiger partial charge in [-0.05, 0) is 18.2 Å². The number of nitrogens with one attached hydrogen (secondary N) is 1. The molecule has 0 atom stereocenters. The second kappa shape index (κ2) is 4.99. The SMILES string of the molecule is CC(C)(CO)CNc1cccc(C(=O)O)c1. The molecule has 0 radical (unpaired) electrons. The van der Waals surface area contributed by atoms with Crippen LogP contribution in [-0.2, 0) is 0 Å². The van der Waals surface area contributed by atoms with Crippen molar-refractivity contribution < 1.29 is 15.0 Å². The minimum atomic E-state index is -0.940. The number of benzene rings is 1. The molecule has 3 N–H and O–H groups in total. The molecular formula is C12H17NO3. The van der Waals surface area contributed by atoms with Gasteiger partial charge in [0.1, 0.15) is 0 Å². The highest BCUT2D eigenvalue weighted by molar-refractivity contribution is 5.88. The average molecular weight is 223 g/mol. The molecule has 1 aromatic carbocycles. The van der Waals surface area contributed by atoms with Crippen LogP contribution >= 0.6 is 0 Å². The first-order valence-electron chi connectivity index (χ1n) is 5.13. The van der Waals surface area contributed by atoms with Crippen molar-refractivity contribution in [3.05, 3.63) is 29.8 Å². The fraction of sp³-hybridized carbons (Fsp3) is 0.417. The van der Waals surface area contributed by atoms with Gasteiger partial charge < -0.3 is 15.5 Å². The van der Waals surface area contributed by atoms with Crippen LogP contribution in [0.5, 0.6) is 0 Å². The molecule has 0 amide bonds. The van der Waals surface area contributed by atoms with E-state index in [1.54, 1.807) is 24.3 Å². The van der Waals surface area contributed by atoms with E-state index in [2.05, 4.69) is 5.32 Å². The van der Waals surface area contributed by atoms with Crippen molar-refractivity contribution in [3.63, 3.8) is 0 Å². The van der Waals surface area contributed by atoms with Crippen LogP contribution in [-0.4, -0.2) is 29.3 Å². The monoisotopic (exact) mass is 223 g/mol. The minimum absolute atomic E-state index is 0.0820. The topological polar surface area (TPSA) is 69.6 Å². The second-order valence-electron chi connectivity index (χ2n) is 4.56. The summed E-state index contributed by atoms with van der Waals surface area (Å²) < 4.78 is 0. The molecule has 0 aliphatic carbocycles. The Morgan fingerprint density at radius 3 is 2.69 bits per heavy atom. The zero-order valence-corrected chi connectivity index (χ0v) is 9.53. The molecule has 4 nitrogen and oxygen atoms in total. The quantitative estimate of drug-likeness (QED) is 0.712. The minimum Gasteiger partial charge on any atom is -0.478 e. The molecule has 0 aliphatic rings. The lowest BCUT2D eigenvalue weighted by Gasteiger charge is -2.22. The highest BCUT2D eigenvalue weighted by atomic mass is 16.4. The van der Waals surface area contributed by atoms with Gasteiger partial charge in [0.15, 0.2) is 0 Å². The van der Waals surface area contributed by atoms with Crippen LogP contribution in [0, 0.1) is 5.41 Å². The van der Waals surface area contributed by atoms with Crippen LogP contribution < -0.4 is 5.32 Å². The highest BCUT2D eigenvalue weighted by Crippen LogP contribution is 2.16. The number of carboxylic acids is 1. The maximum Gasteiger partial charge on any atom is 0.335 e. The predicted octanol–water partition coefficient (Wildman–Crippen LogP) is 1.82. The summed E-state index contributed by atoms with van der Waals surface area (Å²) in [5.74, 6) is -0.940. The maximum atomic E-state index is 10.7. The molecule has 0 spiro atoms. The van der Waals surface area contributed by atoms with E-state index >= 15 is 0 Å². The summed E-state index contributed by atoms with van der Waals surface area (Å²) in [6.45, 7) is 4.54. The van der Waals surface area contributed by atoms with Crippen LogP contribution in [0.4, 0.5) is 5.69 Å². The first kappa shape index (κ1) is 12.5. The summed E-state index contributed by atoms with van der Waals surface area (Å²) >= 11 is 0. The van der Waals surface area contributed by atoms with E-state index in [1.807, 2.05) is 13.8 Å². The normalized spacial score (nSPS) is 11.2. The summed E-state index contributed by atoms with van der Waals surface area (Å²) in [5.41, 5.74) is 0.785. The van der Waals surface area contributed by atoms with Crippen LogP contribution in [0.15, 0.2) is 24.3 Å². The smallest absolute Gasteiger partial charge is 0.335 e. The standard InChI is InChI=1S/C12H17NO3/c1-12(2,8-14)7-13-10-5-3-4-9(6-10)11(15)16/h3-6,13-14H,7-8H2,1-2H3,(H,15,16). The van der Waals surface area contributed by atoms with Crippen LogP contribution in [0.1, 0.15) is 24.2 Å². The van der Waals surface area contributed by atoms with Crippen molar-refractivity contribution in [1.29, 1.82) is 0 Å². The molecular weight excluding hydrogens is 206 g/mol. The van der Waals surface area contributed by atoms with E-state index in [0.717, 1.165) is 5.69 Å². The van der Waals surface area contributed by atoms with Crippen molar-refractivity contribution in [2.75, 3.05) is 18.5 Å². The summed E-state index contributed by atoms with van der Waals surface area (Å²) in [6.07, 6.45) is 0. The Bertz CT molecular complexity index is 374. The van der Waals surface area contributed by atoms with Gasteiger partial charge in [-0.2, -0.15) is 0 Å². The van der Waals surface area contributed by atoms with Gasteiger partial charge in [0.25, 0.3) is 0 Å². The average Bonchev–Trinajstić information content (AvgIpc) is 2.27. The number of carbonyl (C=O) groups is 1. The van der Waals surface area contributed by atoms with E-state index < -0.39 is 5.97 Å². The molecule has 0 aromatic heterocycles. The summed E-state index contributed by atoms with van der Waals surface area (Å²) in [6, 6.07) is 6.62. The van der Waals surface area contributed by atoms with Gasteiger partial charge >= 0.3 is 5.97 Å². The Morgan fingerprint density at radius 1 is 1.44 bits per heavy atom. The Morgan fingerprint density at radius 2 is 2.12 bits per heavy atom. The van der Waals surface area contributed by atoms with Crippen molar-refractivity contribution in [2.45, 2.75) is 13.8 Å². The molecule has 0 fully saturated rings. The molecule has 0 bridgehead atoms. The molecule has 0 unspecified atom stereocenters. The fourth-order valence-corrected chi connectivity index (χ4v) is 1.16. The molecule has 0 saturated heterocycles. The van der Waals surface area contributed by atoms with E-state index in [4.69, 9.17) is 10.2 Å². The first-order valence-corrected chi connectivity index (χ1v) is 5.13. The van der Waals surface area contributed by atoms with Gasteiger partial charge in [0, 0.05) is 24.3 Å². The number of rotatable bonds is 5. The predicted molar refractivity (Wildman–Crippen MR) is 62.8 cm³/mol. The van der Waals surface area contributed by atoms with Gasteiger partial charge in [-0.15, -0.1) is 0 Å². The van der Waals surface area contributed by atoms with Crippen LogP contribution in [0.25, 0.3) is 0 Å². The number of anilines is 1. The van der Waals surface area contributed by atoms with Crippen LogP contribution in [0.2, 0.25) is 0 Å². The van der Waals surface area contributed by atoms with E-state index in [0.29, 0.717) is 6.54 Å². The largest absolute Gasteiger partial charge is 0.478 e.